The Bertz CT molecular complexity index is 665. The van der Waals surface area contributed by atoms with Crippen molar-refractivity contribution in [1.82, 2.24) is 19.6 Å². The standard InChI is InChI=1S/C21H36N4O6/c1-15-18(23-13-11-22(12-14-23)8-7-17(26)27)30-20(29)25(15)16-5-9-24(10-6-16)19(28)31-21(2,3)4/h15-16,18H,5-14H2,1-4H3,(H,26,27). The second-order valence-electron chi connectivity index (χ2n) is 9.64. The summed E-state index contributed by atoms with van der Waals surface area (Å²) < 4.78 is 11.2. The van der Waals surface area contributed by atoms with Crippen molar-refractivity contribution in [1.29, 1.82) is 0 Å². The Labute approximate surface area is 184 Å². The van der Waals surface area contributed by atoms with Gasteiger partial charge in [-0.15, -0.1) is 0 Å². The van der Waals surface area contributed by atoms with Gasteiger partial charge in [-0.1, -0.05) is 0 Å². The van der Waals surface area contributed by atoms with E-state index in [0.29, 0.717) is 32.5 Å². The number of carboxylic acid groups (broad SMARTS) is 1. The molecule has 3 saturated heterocycles. The summed E-state index contributed by atoms with van der Waals surface area (Å²) in [5, 5.41) is 8.85. The summed E-state index contributed by atoms with van der Waals surface area (Å²) in [6.45, 7) is 12.3. The first-order valence-electron chi connectivity index (χ1n) is 11.2. The lowest BCUT2D eigenvalue weighted by atomic mass is 10.0. The van der Waals surface area contributed by atoms with E-state index in [1.54, 1.807) is 4.90 Å². The molecule has 1 N–H and O–H groups in total. The number of cyclic esters (lactones) is 1. The maximum absolute atomic E-state index is 12.7. The monoisotopic (exact) mass is 440 g/mol. The SMILES string of the molecule is CC1C(N2CCN(CCC(=O)O)CC2)OC(=O)N1C1CCN(C(=O)OC(C)(C)C)CC1. The number of piperazine rings is 1. The van der Waals surface area contributed by atoms with Gasteiger partial charge >= 0.3 is 18.2 Å². The highest BCUT2D eigenvalue weighted by Crippen LogP contribution is 2.30. The Hall–Kier alpha value is -2.07. The fraction of sp³-hybridized carbons (Fsp3) is 0.857. The van der Waals surface area contributed by atoms with Gasteiger partial charge in [0.1, 0.15) is 5.60 Å². The molecule has 10 nitrogen and oxygen atoms in total. The van der Waals surface area contributed by atoms with Crippen LogP contribution in [0, 0.1) is 0 Å². The third-order valence-corrected chi connectivity index (χ3v) is 6.20. The number of hydrogen-bond donors (Lipinski definition) is 1. The highest BCUT2D eigenvalue weighted by Gasteiger charge is 2.46. The van der Waals surface area contributed by atoms with Crippen molar-refractivity contribution in [3.8, 4) is 0 Å². The number of carboxylic acids is 1. The molecule has 3 aliphatic heterocycles. The molecule has 2 amide bonds. The van der Waals surface area contributed by atoms with Gasteiger partial charge in [-0.25, -0.2) is 9.59 Å². The summed E-state index contributed by atoms with van der Waals surface area (Å²) in [4.78, 5) is 43.6. The molecule has 0 aromatic carbocycles. The van der Waals surface area contributed by atoms with Crippen LogP contribution in [0.15, 0.2) is 0 Å². The van der Waals surface area contributed by atoms with Crippen molar-refractivity contribution in [3.05, 3.63) is 0 Å². The van der Waals surface area contributed by atoms with E-state index in [2.05, 4.69) is 9.80 Å². The van der Waals surface area contributed by atoms with Gasteiger partial charge in [0.05, 0.1) is 12.5 Å². The zero-order valence-corrected chi connectivity index (χ0v) is 19.1. The highest BCUT2D eigenvalue weighted by atomic mass is 16.6. The molecule has 3 rings (SSSR count). The van der Waals surface area contributed by atoms with Gasteiger partial charge in [-0.2, -0.15) is 0 Å². The van der Waals surface area contributed by atoms with Crippen molar-refractivity contribution in [2.75, 3.05) is 45.8 Å². The zero-order chi connectivity index (χ0) is 22.8. The van der Waals surface area contributed by atoms with E-state index in [-0.39, 0.29) is 36.9 Å². The first-order valence-corrected chi connectivity index (χ1v) is 11.2. The third kappa shape index (κ3) is 6.00. The molecule has 176 valence electrons. The molecule has 0 aromatic heterocycles. The highest BCUT2D eigenvalue weighted by molar-refractivity contribution is 5.71. The molecule has 3 fully saturated rings. The Balaban J connectivity index is 1.49. The molecule has 0 aromatic rings. The number of carbonyl (C=O) groups is 3. The quantitative estimate of drug-likeness (QED) is 0.688. The van der Waals surface area contributed by atoms with Crippen LogP contribution in [-0.2, 0) is 14.3 Å². The fourth-order valence-corrected chi connectivity index (χ4v) is 4.58. The number of piperidine rings is 1. The molecule has 3 heterocycles. The van der Waals surface area contributed by atoms with E-state index < -0.39 is 11.6 Å². The second-order valence-corrected chi connectivity index (χ2v) is 9.64. The van der Waals surface area contributed by atoms with Crippen molar-refractivity contribution in [2.45, 2.75) is 70.9 Å². The molecule has 0 saturated carbocycles. The molecular weight excluding hydrogens is 404 g/mol. The lowest BCUT2D eigenvalue weighted by Gasteiger charge is -2.40. The number of aliphatic carboxylic acids is 1. The van der Waals surface area contributed by atoms with E-state index in [9.17, 15) is 14.4 Å². The number of hydrogen-bond acceptors (Lipinski definition) is 7. The predicted octanol–water partition coefficient (Wildman–Crippen LogP) is 1.65. The maximum atomic E-state index is 12.7. The Morgan fingerprint density at radius 2 is 1.71 bits per heavy atom. The largest absolute Gasteiger partial charge is 0.481 e. The molecule has 3 aliphatic rings. The van der Waals surface area contributed by atoms with Crippen LogP contribution >= 0.6 is 0 Å². The maximum Gasteiger partial charge on any atom is 0.412 e. The minimum Gasteiger partial charge on any atom is -0.481 e. The molecule has 10 heteroatoms. The average molecular weight is 441 g/mol. The van der Waals surface area contributed by atoms with Gasteiger partial charge in [-0.3, -0.25) is 14.6 Å². The summed E-state index contributed by atoms with van der Waals surface area (Å²) in [5.74, 6) is -0.783. The van der Waals surface area contributed by atoms with Crippen LogP contribution in [0.25, 0.3) is 0 Å². The first kappa shape index (κ1) is 23.6. The smallest absolute Gasteiger partial charge is 0.412 e. The number of rotatable bonds is 5. The van der Waals surface area contributed by atoms with Crippen LogP contribution in [0.1, 0.15) is 47.0 Å². The molecule has 31 heavy (non-hydrogen) atoms. The average Bonchev–Trinajstić information content (AvgIpc) is 2.99. The lowest BCUT2D eigenvalue weighted by Crippen LogP contribution is -2.55. The van der Waals surface area contributed by atoms with Gasteiger partial charge in [0.15, 0.2) is 6.23 Å². The van der Waals surface area contributed by atoms with Crippen molar-refractivity contribution < 1.29 is 29.0 Å². The molecule has 2 atom stereocenters. The van der Waals surface area contributed by atoms with E-state index in [1.165, 1.54) is 0 Å². The predicted molar refractivity (Wildman–Crippen MR) is 113 cm³/mol. The minimum atomic E-state index is -0.783. The van der Waals surface area contributed by atoms with E-state index in [4.69, 9.17) is 14.6 Å². The molecule has 0 aliphatic carbocycles. The summed E-state index contributed by atoms with van der Waals surface area (Å²) in [6.07, 6.45) is 0.661. The Morgan fingerprint density at radius 1 is 1.10 bits per heavy atom. The van der Waals surface area contributed by atoms with Crippen LogP contribution in [0.5, 0.6) is 0 Å². The molecule has 0 spiro atoms. The Kier molecular flexibility index (Phi) is 7.31. The number of likely N-dealkylation sites (tertiary alicyclic amines) is 1. The summed E-state index contributed by atoms with van der Waals surface area (Å²) in [7, 11) is 0. The number of carbonyl (C=O) groups excluding carboxylic acids is 2. The number of ether oxygens (including phenoxy) is 2. The third-order valence-electron chi connectivity index (χ3n) is 6.20. The minimum absolute atomic E-state index is 0.0445. The van der Waals surface area contributed by atoms with E-state index in [1.807, 2.05) is 32.6 Å². The van der Waals surface area contributed by atoms with Gasteiger partial charge in [0.2, 0.25) is 0 Å². The van der Waals surface area contributed by atoms with Crippen LogP contribution in [0.3, 0.4) is 0 Å². The topological polar surface area (TPSA) is 103 Å². The zero-order valence-electron chi connectivity index (χ0n) is 19.1. The fourth-order valence-electron chi connectivity index (χ4n) is 4.58. The van der Waals surface area contributed by atoms with E-state index >= 15 is 0 Å². The second kappa shape index (κ2) is 9.60. The van der Waals surface area contributed by atoms with Gasteiger partial charge in [0, 0.05) is 51.9 Å². The van der Waals surface area contributed by atoms with Crippen LogP contribution in [0.2, 0.25) is 0 Å². The molecule has 2 unspecified atom stereocenters. The molecule has 0 bridgehead atoms. The van der Waals surface area contributed by atoms with Crippen molar-refractivity contribution >= 4 is 18.2 Å². The number of amides is 2. The molecule has 0 radical (unpaired) electrons. The van der Waals surface area contributed by atoms with Crippen LogP contribution < -0.4 is 0 Å². The molecular formula is C21H36N4O6. The van der Waals surface area contributed by atoms with Crippen molar-refractivity contribution in [3.63, 3.8) is 0 Å². The Morgan fingerprint density at radius 3 is 2.26 bits per heavy atom. The summed E-state index contributed by atoms with van der Waals surface area (Å²) in [6, 6.07) is -0.0285. The summed E-state index contributed by atoms with van der Waals surface area (Å²) >= 11 is 0. The normalized spacial score (nSPS) is 26.8. The summed E-state index contributed by atoms with van der Waals surface area (Å²) in [5.41, 5.74) is -0.522. The first-order chi connectivity index (χ1) is 14.5. The number of nitrogens with zero attached hydrogens (tertiary/aromatic N) is 4. The van der Waals surface area contributed by atoms with E-state index in [0.717, 1.165) is 26.2 Å². The lowest BCUT2D eigenvalue weighted by molar-refractivity contribution is -0.137. The van der Waals surface area contributed by atoms with Gasteiger partial charge < -0.3 is 24.4 Å². The van der Waals surface area contributed by atoms with Crippen LogP contribution in [-0.4, -0.2) is 113 Å². The van der Waals surface area contributed by atoms with Gasteiger partial charge in [-0.05, 0) is 40.5 Å². The van der Waals surface area contributed by atoms with Gasteiger partial charge in [0.25, 0.3) is 0 Å². The van der Waals surface area contributed by atoms with Crippen LogP contribution in [0.4, 0.5) is 9.59 Å². The van der Waals surface area contributed by atoms with Crippen molar-refractivity contribution in [2.24, 2.45) is 0 Å².